The average molecular weight is 706 g/mol. The molecule has 2 aliphatic carbocycles. The minimum absolute atomic E-state index is 0.142. The Kier molecular flexibility index (Phi) is 7.58. The van der Waals surface area contributed by atoms with Gasteiger partial charge in [-0.2, -0.15) is 0 Å². The Labute approximate surface area is 325 Å². The van der Waals surface area contributed by atoms with Crippen LogP contribution in [0.1, 0.15) is 49.9 Å². The monoisotopic (exact) mass is 705 g/mol. The van der Waals surface area contributed by atoms with E-state index in [2.05, 4.69) is 221 Å². The van der Waals surface area contributed by atoms with Crippen LogP contribution in [0.2, 0.25) is 0 Å². The Morgan fingerprint density at radius 3 is 1.51 bits per heavy atom. The van der Waals surface area contributed by atoms with Gasteiger partial charge in [0.15, 0.2) is 0 Å². The second-order valence-electron chi connectivity index (χ2n) is 16.1. The van der Waals surface area contributed by atoms with Crippen molar-refractivity contribution in [2.45, 2.75) is 38.5 Å². The van der Waals surface area contributed by atoms with Crippen LogP contribution in [0.15, 0.2) is 188 Å². The summed E-state index contributed by atoms with van der Waals surface area (Å²) in [4.78, 5) is 2.54. The maximum atomic E-state index is 2.54. The number of benzene rings is 8. The number of hydrogen-bond acceptors (Lipinski definition) is 1. The summed E-state index contributed by atoms with van der Waals surface area (Å²) in [7, 11) is 0. The molecule has 264 valence electrons. The van der Waals surface area contributed by atoms with Gasteiger partial charge in [-0.3, -0.25) is 0 Å². The normalized spacial score (nSPS) is 14.1. The molecule has 1 nitrogen and oxygen atoms in total. The third-order valence-corrected chi connectivity index (χ3v) is 12.3. The van der Waals surface area contributed by atoms with Gasteiger partial charge in [0.2, 0.25) is 0 Å². The number of anilines is 3. The van der Waals surface area contributed by atoms with Crippen molar-refractivity contribution in [1.29, 1.82) is 0 Å². The van der Waals surface area contributed by atoms with Crippen LogP contribution in [0.4, 0.5) is 17.1 Å². The van der Waals surface area contributed by atoms with Gasteiger partial charge in [0, 0.05) is 27.6 Å². The summed E-state index contributed by atoms with van der Waals surface area (Å²) >= 11 is 0. The van der Waals surface area contributed by atoms with Crippen LogP contribution >= 0.6 is 0 Å². The molecule has 0 saturated heterocycles. The molecule has 0 N–H and O–H groups in total. The van der Waals surface area contributed by atoms with Crippen molar-refractivity contribution in [1.82, 2.24) is 0 Å². The van der Waals surface area contributed by atoms with Crippen LogP contribution in [-0.4, -0.2) is 0 Å². The molecule has 0 bridgehead atoms. The van der Waals surface area contributed by atoms with Crippen molar-refractivity contribution in [3.05, 3.63) is 210 Å². The van der Waals surface area contributed by atoms with E-state index in [4.69, 9.17) is 0 Å². The predicted octanol–water partition coefficient (Wildman–Crippen LogP) is 14.8. The zero-order chi connectivity index (χ0) is 37.3. The molecule has 0 saturated carbocycles. The highest BCUT2D eigenvalue weighted by molar-refractivity contribution is 6.01. The lowest BCUT2D eigenvalue weighted by molar-refractivity contribution is 0.660. The topological polar surface area (TPSA) is 3.24 Å². The van der Waals surface area contributed by atoms with Crippen molar-refractivity contribution in [3.8, 4) is 55.6 Å². The molecule has 8 aromatic carbocycles. The molecule has 8 aromatic rings. The quantitative estimate of drug-likeness (QED) is 0.166. The molecule has 55 heavy (non-hydrogen) atoms. The van der Waals surface area contributed by atoms with Crippen LogP contribution in [0.25, 0.3) is 55.6 Å². The highest BCUT2D eigenvalue weighted by Gasteiger charge is 2.39. The van der Waals surface area contributed by atoms with Gasteiger partial charge in [0.05, 0.1) is 11.4 Å². The van der Waals surface area contributed by atoms with E-state index in [0.717, 1.165) is 17.1 Å². The highest BCUT2D eigenvalue weighted by Crippen LogP contribution is 2.56. The van der Waals surface area contributed by atoms with E-state index < -0.39 is 0 Å². The number of nitrogens with zero attached hydrogens (tertiary/aromatic N) is 1. The van der Waals surface area contributed by atoms with Crippen LogP contribution in [0.5, 0.6) is 0 Å². The molecular weight excluding hydrogens is 663 g/mol. The fourth-order valence-corrected chi connectivity index (χ4v) is 9.70. The average Bonchev–Trinajstić information content (AvgIpc) is 3.61. The molecule has 0 radical (unpaired) electrons. The van der Waals surface area contributed by atoms with E-state index in [9.17, 15) is 0 Å². The second kappa shape index (κ2) is 12.6. The molecule has 0 unspecified atom stereocenters. The van der Waals surface area contributed by atoms with Crippen LogP contribution in [-0.2, 0) is 10.8 Å². The van der Waals surface area contributed by atoms with Gasteiger partial charge in [-0.05, 0) is 91.0 Å². The zero-order valence-electron chi connectivity index (χ0n) is 31.8. The molecule has 0 aliphatic heterocycles. The second-order valence-corrected chi connectivity index (χ2v) is 16.1. The van der Waals surface area contributed by atoms with Gasteiger partial charge >= 0.3 is 0 Å². The lowest BCUT2D eigenvalue weighted by Crippen LogP contribution is -2.18. The van der Waals surface area contributed by atoms with E-state index in [1.165, 1.54) is 77.9 Å². The van der Waals surface area contributed by atoms with E-state index in [1.807, 2.05) is 0 Å². The van der Waals surface area contributed by atoms with Crippen molar-refractivity contribution >= 4 is 17.1 Å². The summed E-state index contributed by atoms with van der Waals surface area (Å²) in [5.74, 6) is 0. The van der Waals surface area contributed by atoms with Gasteiger partial charge < -0.3 is 4.90 Å². The van der Waals surface area contributed by atoms with Gasteiger partial charge in [0.25, 0.3) is 0 Å². The Morgan fingerprint density at radius 2 is 0.800 bits per heavy atom. The van der Waals surface area contributed by atoms with E-state index in [1.54, 1.807) is 0 Å². The van der Waals surface area contributed by atoms with E-state index in [-0.39, 0.29) is 10.8 Å². The van der Waals surface area contributed by atoms with E-state index in [0.29, 0.717) is 0 Å². The lowest BCUT2D eigenvalue weighted by atomic mass is 9.78. The molecule has 0 aromatic heterocycles. The molecule has 0 fully saturated rings. The first-order valence-electron chi connectivity index (χ1n) is 19.5. The number of fused-ring (bicyclic) bond motifs is 6. The minimum Gasteiger partial charge on any atom is -0.309 e. The summed E-state index contributed by atoms with van der Waals surface area (Å²) in [5, 5.41) is 0. The summed E-state index contributed by atoms with van der Waals surface area (Å²) in [5.41, 5.74) is 21.2. The Balaban J connectivity index is 1.28. The van der Waals surface area contributed by atoms with Crippen molar-refractivity contribution in [2.24, 2.45) is 0 Å². The first kappa shape index (κ1) is 33.2. The number of rotatable bonds is 6. The first-order chi connectivity index (χ1) is 26.8. The SMILES string of the molecule is CC1(C)c2ccccc2-c2ccc(N(c3ccccc3-c3cccc4c3C(C)(C)c3ccccc3-4)c3cccc(-c4ccccc4)c3-c3ccccc3)cc21. The van der Waals surface area contributed by atoms with Crippen molar-refractivity contribution < 1.29 is 0 Å². The maximum Gasteiger partial charge on any atom is 0.0546 e. The first-order valence-corrected chi connectivity index (χ1v) is 19.5. The third-order valence-electron chi connectivity index (χ3n) is 12.3. The van der Waals surface area contributed by atoms with Crippen LogP contribution in [0, 0.1) is 0 Å². The summed E-state index contributed by atoms with van der Waals surface area (Å²) < 4.78 is 0. The fourth-order valence-electron chi connectivity index (χ4n) is 9.70. The molecule has 0 spiro atoms. The predicted molar refractivity (Wildman–Crippen MR) is 233 cm³/mol. The Morgan fingerprint density at radius 1 is 0.327 bits per heavy atom. The zero-order valence-corrected chi connectivity index (χ0v) is 31.8. The molecule has 0 atom stereocenters. The standard InChI is InChI=1S/C54H43N/c1-53(2)46-29-14-11-23-40(46)42-34-33-38(35-48(42)53)55(50-32-18-26-39(36-19-7-5-8-20-36)51(50)37-21-9-6-10-22-37)49-31-16-13-25-43(49)45-28-17-27-44-41-24-12-15-30-47(41)54(3,4)52(44)45/h5-35H,1-4H3. The van der Waals surface area contributed by atoms with E-state index >= 15 is 0 Å². The van der Waals surface area contributed by atoms with Crippen molar-refractivity contribution in [3.63, 3.8) is 0 Å². The number of para-hydroxylation sites is 1. The van der Waals surface area contributed by atoms with Crippen LogP contribution in [0.3, 0.4) is 0 Å². The van der Waals surface area contributed by atoms with Crippen LogP contribution < -0.4 is 4.90 Å². The minimum atomic E-state index is -0.160. The third kappa shape index (κ3) is 5.07. The highest BCUT2D eigenvalue weighted by atomic mass is 15.1. The fraction of sp³-hybridized carbons (Fsp3) is 0.111. The molecule has 2 aliphatic rings. The lowest BCUT2D eigenvalue weighted by Gasteiger charge is -2.33. The molecular formula is C54H43N. The summed E-state index contributed by atoms with van der Waals surface area (Å²) in [6.07, 6.45) is 0. The van der Waals surface area contributed by atoms with Gasteiger partial charge in [-0.25, -0.2) is 0 Å². The Bertz CT molecular complexity index is 2750. The molecule has 1 heteroatoms. The number of hydrogen-bond donors (Lipinski definition) is 0. The van der Waals surface area contributed by atoms with Gasteiger partial charge in [-0.15, -0.1) is 0 Å². The summed E-state index contributed by atoms with van der Waals surface area (Å²) in [6, 6.07) is 69.5. The van der Waals surface area contributed by atoms with Crippen molar-refractivity contribution in [2.75, 3.05) is 4.90 Å². The maximum absolute atomic E-state index is 2.54. The Hall–Kier alpha value is -6.44. The van der Waals surface area contributed by atoms with Gasteiger partial charge in [0.1, 0.15) is 0 Å². The largest absolute Gasteiger partial charge is 0.309 e. The smallest absolute Gasteiger partial charge is 0.0546 e. The van der Waals surface area contributed by atoms with Gasteiger partial charge in [-0.1, -0.05) is 191 Å². The molecule has 0 heterocycles. The summed E-state index contributed by atoms with van der Waals surface area (Å²) in [6.45, 7) is 9.52. The molecule has 0 amide bonds. The molecule has 10 rings (SSSR count).